The standard InChI is InChI=1S/C72H133NO18/c1-3-5-7-9-11-13-15-17-18-19-20-21-22-23-24-25-26-27-28-29-30-31-32-33-34-35-36-38-40-42-44-46-48-50-60(78)73-55(56(77)49-47-45-43-41-39-37-16-14-12-10-8-6-4-2)54-86-70-66(84)63(81)68(58(52-75)88-70)91-72-67(85)64(82)69(59(53-76)89-72)90-71-65(83)62(80)61(79)57(51-74)87-71/h12,14,39,41,47,49,55-59,61-72,74-77,79-85H,3-11,13,15-38,40,42-46,48,50-54H2,1-2H3,(H,73,78)/b14-12+,41-39+,49-47+. The summed E-state index contributed by atoms with van der Waals surface area (Å²) in [6.07, 6.45) is 37.4. The van der Waals surface area contributed by atoms with Gasteiger partial charge in [0.2, 0.25) is 5.91 Å². The Morgan fingerprint density at radius 1 is 0.385 bits per heavy atom. The molecule has 1 amide bonds. The van der Waals surface area contributed by atoms with Crippen molar-refractivity contribution >= 4 is 5.91 Å². The lowest BCUT2D eigenvalue weighted by atomic mass is 9.96. The molecule has 0 aromatic heterocycles. The van der Waals surface area contributed by atoms with E-state index in [9.17, 15) is 61.0 Å². The Kier molecular flexibility index (Phi) is 49.5. The van der Waals surface area contributed by atoms with Crippen LogP contribution in [0.4, 0.5) is 0 Å². The number of carbonyl (C=O) groups is 1. The summed E-state index contributed by atoms with van der Waals surface area (Å²) in [5, 5.41) is 120. The van der Waals surface area contributed by atoms with E-state index in [1.165, 1.54) is 205 Å². The molecule has 534 valence electrons. The molecule has 3 saturated heterocycles. The van der Waals surface area contributed by atoms with E-state index in [0.29, 0.717) is 12.8 Å². The van der Waals surface area contributed by atoms with Crippen LogP contribution >= 0.6 is 0 Å². The first-order valence-corrected chi connectivity index (χ1v) is 36.7. The minimum absolute atomic E-state index is 0.236. The Bertz CT molecular complexity index is 1790. The zero-order valence-corrected chi connectivity index (χ0v) is 56.6. The molecule has 17 atom stereocenters. The van der Waals surface area contributed by atoms with Gasteiger partial charge in [0.1, 0.15) is 73.2 Å². The van der Waals surface area contributed by atoms with Crippen molar-refractivity contribution in [3.8, 4) is 0 Å². The summed E-state index contributed by atoms with van der Waals surface area (Å²) in [7, 11) is 0. The fourth-order valence-electron chi connectivity index (χ4n) is 12.5. The molecule has 3 aliphatic rings. The van der Waals surface area contributed by atoms with E-state index < -0.39 is 124 Å². The molecule has 12 N–H and O–H groups in total. The van der Waals surface area contributed by atoms with Crippen LogP contribution in [-0.2, 0) is 33.2 Å². The van der Waals surface area contributed by atoms with Gasteiger partial charge in [-0.2, -0.15) is 0 Å². The number of hydrogen-bond donors (Lipinski definition) is 12. The predicted molar refractivity (Wildman–Crippen MR) is 356 cm³/mol. The smallest absolute Gasteiger partial charge is 0.220 e. The van der Waals surface area contributed by atoms with Gasteiger partial charge in [0, 0.05) is 6.42 Å². The Morgan fingerprint density at radius 3 is 1.10 bits per heavy atom. The normalized spacial score (nSPS) is 28.0. The van der Waals surface area contributed by atoms with E-state index in [1.807, 2.05) is 6.08 Å². The first kappa shape index (κ1) is 83.2. The fourth-order valence-corrected chi connectivity index (χ4v) is 12.5. The average Bonchev–Trinajstić information content (AvgIpc) is 0.876. The molecule has 17 unspecified atom stereocenters. The summed E-state index contributed by atoms with van der Waals surface area (Å²) in [5.74, 6) is -0.286. The minimum atomic E-state index is -1.98. The highest BCUT2D eigenvalue weighted by atomic mass is 16.8. The number of aliphatic hydroxyl groups excluding tert-OH is 11. The van der Waals surface area contributed by atoms with E-state index in [2.05, 4.69) is 43.5 Å². The molecule has 3 aliphatic heterocycles. The highest BCUT2D eigenvalue weighted by molar-refractivity contribution is 5.76. The summed E-state index contributed by atoms with van der Waals surface area (Å²) in [6, 6.07) is -0.994. The summed E-state index contributed by atoms with van der Waals surface area (Å²) in [4.78, 5) is 13.4. The van der Waals surface area contributed by atoms with Crippen LogP contribution in [-0.4, -0.2) is 193 Å². The number of rotatable bonds is 57. The Morgan fingerprint density at radius 2 is 0.703 bits per heavy atom. The monoisotopic (exact) mass is 1300 g/mol. The van der Waals surface area contributed by atoms with Gasteiger partial charge in [-0.3, -0.25) is 4.79 Å². The van der Waals surface area contributed by atoms with Gasteiger partial charge in [-0.25, -0.2) is 0 Å². The van der Waals surface area contributed by atoms with Gasteiger partial charge < -0.3 is 89.9 Å². The highest BCUT2D eigenvalue weighted by Crippen LogP contribution is 2.33. The van der Waals surface area contributed by atoms with Crippen molar-refractivity contribution in [2.75, 3.05) is 26.4 Å². The molecule has 19 nitrogen and oxygen atoms in total. The topological polar surface area (TPSA) is 307 Å². The quantitative estimate of drug-likeness (QED) is 0.0199. The van der Waals surface area contributed by atoms with Crippen LogP contribution in [0.2, 0.25) is 0 Å². The zero-order chi connectivity index (χ0) is 66.1. The van der Waals surface area contributed by atoms with Gasteiger partial charge >= 0.3 is 0 Å². The Labute approximate surface area is 549 Å². The first-order valence-electron chi connectivity index (χ1n) is 36.7. The largest absolute Gasteiger partial charge is 0.394 e. The maximum atomic E-state index is 13.4. The fraction of sp³-hybridized carbons (Fsp3) is 0.903. The molecule has 0 aromatic rings. The second kappa shape index (κ2) is 54.1. The number of allylic oxidation sites excluding steroid dienone is 5. The van der Waals surface area contributed by atoms with E-state index in [4.69, 9.17) is 28.4 Å². The molecule has 0 saturated carbocycles. The van der Waals surface area contributed by atoms with Crippen molar-refractivity contribution in [2.45, 2.75) is 388 Å². The second-order valence-electron chi connectivity index (χ2n) is 26.4. The van der Waals surface area contributed by atoms with Crippen molar-refractivity contribution in [1.29, 1.82) is 0 Å². The average molecular weight is 1300 g/mol. The molecule has 91 heavy (non-hydrogen) atoms. The maximum Gasteiger partial charge on any atom is 0.220 e. The van der Waals surface area contributed by atoms with E-state index >= 15 is 0 Å². The lowest BCUT2D eigenvalue weighted by Gasteiger charge is -2.48. The first-order chi connectivity index (χ1) is 44.3. The van der Waals surface area contributed by atoms with Crippen LogP contribution in [0.5, 0.6) is 0 Å². The van der Waals surface area contributed by atoms with Gasteiger partial charge in [0.25, 0.3) is 0 Å². The predicted octanol–water partition coefficient (Wildman–Crippen LogP) is 10.4. The molecule has 0 aliphatic carbocycles. The third kappa shape index (κ3) is 35.7. The number of hydrogen-bond acceptors (Lipinski definition) is 18. The van der Waals surface area contributed by atoms with Gasteiger partial charge in [-0.05, 0) is 44.9 Å². The van der Waals surface area contributed by atoms with Gasteiger partial charge in [-0.15, -0.1) is 0 Å². The molecule has 3 heterocycles. The van der Waals surface area contributed by atoms with Crippen molar-refractivity contribution < 1.29 is 89.4 Å². The molecule has 19 heteroatoms. The molecule has 0 spiro atoms. The minimum Gasteiger partial charge on any atom is -0.394 e. The Hall–Kier alpha value is -1.99. The van der Waals surface area contributed by atoms with Crippen LogP contribution in [0, 0.1) is 0 Å². The molecular formula is C72H133NO18. The van der Waals surface area contributed by atoms with E-state index in [0.717, 1.165) is 44.9 Å². The van der Waals surface area contributed by atoms with Crippen LogP contribution in [0.3, 0.4) is 0 Å². The summed E-state index contributed by atoms with van der Waals surface area (Å²) in [6.45, 7) is 1.69. The molecule has 3 fully saturated rings. The van der Waals surface area contributed by atoms with Crippen LogP contribution in [0.15, 0.2) is 36.5 Å². The molecule has 0 radical (unpaired) electrons. The molecular weight excluding hydrogens is 1170 g/mol. The molecule has 3 rings (SSSR count). The van der Waals surface area contributed by atoms with Crippen molar-refractivity contribution in [3.05, 3.63) is 36.5 Å². The number of unbranched alkanes of at least 4 members (excludes halogenated alkanes) is 37. The van der Waals surface area contributed by atoms with E-state index in [-0.39, 0.29) is 18.9 Å². The molecule has 0 aromatic carbocycles. The van der Waals surface area contributed by atoms with Crippen molar-refractivity contribution in [1.82, 2.24) is 5.32 Å². The summed E-state index contributed by atoms with van der Waals surface area (Å²) < 4.78 is 34.3. The third-order valence-corrected chi connectivity index (χ3v) is 18.4. The van der Waals surface area contributed by atoms with Gasteiger partial charge in [0.15, 0.2) is 18.9 Å². The Balaban J connectivity index is 1.34. The summed E-state index contributed by atoms with van der Waals surface area (Å²) >= 11 is 0. The maximum absolute atomic E-state index is 13.4. The van der Waals surface area contributed by atoms with Gasteiger partial charge in [0.05, 0.1) is 38.6 Å². The van der Waals surface area contributed by atoms with Crippen LogP contribution in [0.1, 0.15) is 284 Å². The van der Waals surface area contributed by atoms with Crippen molar-refractivity contribution in [3.63, 3.8) is 0 Å². The highest BCUT2D eigenvalue weighted by Gasteiger charge is 2.53. The van der Waals surface area contributed by atoms with Crippen molar-refractivity contribution in [2.24, 2.45) is 0 Å². The summed E-state index contributed by atoms with van der Waals surface area (Å²) in [5.41, 5.74) is 0. The number of aliphatic hydroxyl groups is 11. The number of amides is 1. The lowest BCUT2D eigenvalue weighted by Crippen LogP contribution is -2.66. The van der Waals surface area contributed by atoms with E-state index in [1.54, 1.807) is 6.08 Å². The SMILES string of the molecule is CCCCC/C=C/CC/C=C/CC/C=C/C(O)C(COC1OC(CO)C(OC2OC(CO)C(OC3OC(CO)C(O)C(O)C3O)C(O)C2O)C(O)C1O)NC(=O)CCCCCCCCCCCCCCCCCCCCCCCCCCCCCCCCCCC. The van der Waals surface area contributed by atoms with Crippen LogP contribution in [0.25, 0.3) is 0 Å². The number of nitrogens with one attached hydrogen (secondary N) is 1. The van der Waals surface area contributed by atoms with Crippen LogP contribution < -0.4 is 5.32 Å². The number of ether oxygens (including phenoxy) is 6. The zero-order valence-electron chi connectivity index (χ0n) is 56.6. The van der Waals surface area contributed by atoms with Gasteiger partial charge in [-0.1, -0.05) is 269 Å². The second-order valence-corrected chi connectivity index (χ2v) is 26.4. The molecule has 0 bridgehead atoms. The lowest BCUT2D eigenvalue weighted by molar-refractivity contribution is -0.379. The number of carbonyl (C=O) groups excluding carboxylic acids is 1. The third-order valence-electron chi connectivity index (χ3n) is 18.4.